The van der Waals surface area contributed by atoms with E-state index in [1.165, 1.54) is 24.3 Å². The van der Waals surface area contributed by atoms with Crippen LogP contribution in [0.1, 0.15) is 30.5 Å². The van der Waals surface area contributed by atoms with Crippen molar-refractivity contribution >= 4 is 27.8 Å². The maximum atomic E-state index is 13.0. The molecule has 8 nitrogen and oxygen atoms in total. The molecular formula is C30H30N2O6S. The third-order valence-corrected chi connectivity index (χ3v) is 6.66. The number of nitrogens with one attached hydrogen (secondary N) is 1. The van der Waals surface area contributed by atoms with Crippen molar-refractivity contribution in [2.75, 3.05) is 18.5 Å². The number of carbonyl (C=O) groups excluding carboxylic acids is 1. The van der Waals surface area contributed by atoms with E-state index in [2.05, 4.69) is 11.9 Å². The van der Waals surface area contributed by atoms with Crippen LogP contribution in [0.4, 0.5) is 5.69 Å². The molecular weight excluding hydrogens is 516 g/mol. The maximum absolute atomic E-state index is 13.0. The standard InChI is InChI=1S/C30H30N2O6S/c1-5-8-23-17-22(18-24(20-31)30(33)32-25-11-13-26(14-12-25)36-6-2)19-28(37-7-3)29(23)38-39(34,35)27-15-9-21(4)10-16-27/h5,9-19H,1,6-8H2,2-4H3,(H,32,33)/b24-18+. The monoisotopic (exact) mass is 546 g/mol. The number of hydrogen-bond acceptors (Lipinski definition) is 7. The number of nitriles is 1. The van der Waals surface area contributed by atoms with Crippen molar-refractivity contribution in [2.24, 2.45) is 0 Å². The molecule has 0 saturated heterocycles. The second-order valence-electron chi connectivity index (χ2n) is 8.36. The Morgan fingerprint density at radius 3 is 2.28 bits per heavy atom. The van der Waals surface area contributed by atoms with Gasteiger partial charge in [-0.2, -0.15) is 13.7 Å². The van der Waals surface area contributed by atoms with Gasteiger partial charge < -0.3 is 19.0 Å². The number of rotatable bonds is 12. The zero-order valence-electron chi connectivity index (χ0n) is 22.1. The molecule has 0 unspecified atom stereocenters. The molecule has 39 heavy (non-hydrogen) atoms. The smallest absolute Gasteiger partial charge is 0.339 e. The van der Waals surface area contributed by atoms with Gasteiger partial charge in [-0.05, 0) is 87.4 Å². The molecule has 3 aromatic carbocycles. The first-order valence-electron chi connectivity index (χ1n) is 12.3. The first-order chi connectivity index (χ1) is 18.7. The second-order valence-corrected chi connectivity index (χ2v) is 9.91. The molecule has 1 amide bonds. The zero-order valence-corrected chi connectivity index (χ0v) is 22.9. The minimum atomic E-state index is -4.16. The number of nitrogens with zero attached hydrogens (tertiary/aromatic N) is 1. The number of ether oxygens (including phenoxy) is 2. The van der Waals surface area contributed by atoms with Gasteiger partial charge in [-0.25, -0.2) is 0 Å². The van der Waals surface area contributed by atoms with E-state index in [1.54, 1.807) is 55.5 Å². The minimum Gasteiger partial charge on any atom is -0.494 e. The van der Waals surface area contributed by atoms with Gasteiger partial charge in [0.1, 0.15) is 22.3 Å². The molecule has 0 radical (unpaired) electrons. The molecule has 9 heteroatoms. The molecule has 0 aliphatic heterocycles. The Kier molecular flexibility index (Phi) is 9.90. The van der Waals surface area contributed by atoms with E-state index in [1.807, 2.05) is 19.9 Å². The Balaban J connectivity index is 1.97. The quantitative estimate of drug-likeness (QED) is 0.131. The molecule has 0 aliphatic rings. The lowest BCUT2D eigenvalue weighted by atomic mass is 10.0. The van der Waals surface area contributed by atoms with E-state index >= 15 is 0 Å². The third kappa shape index (κ3) is 7.72. The summed E-state index contributed by atoms with van der Waals surface area (Å²) in [7, 11) is -4.16. The first kappa shape index (κ1) is 29.0. The summed E-state index contributed by atoms with van der Waals surface area (Å²) in [6.07, 6.45) is 3.24. The van der Waals surface area contributed by atoms with Gasteiger partial charge in [0.25, 0.3) is 5.91 Å². The van der Waals surface area contributed by atoms with Gasteiger partial charge in [-0.3, -0.25) is 4.79 Å². The number of benzene rings is 3. The molecule has 0 aromatic heterocycles. The fraction of sp³-hybridized carbons (Fsp3) is 0.200. The SMILES string of the molecule is C=CCc1cc(/C=C(\C#N)C(=O)Nc2ccc(OCC)cc2)cc(OCC)c1OS(=O)(=O)c1ccc(C)cc1. The highest BCUT2D eigenvalue weighted by Crippen LogP contribution is 2.37. The number of hydrogen-bond donors (Lipinski definition) is 1. The van der Waals surface area contributed by atoms with E-state index in [0.717, 1.165) is 5.56 Å². The lowest BCUT2D eigenvalue weighted by molar-refractivity contribution is -0.112. The predicted octanol–water partition coefficient (Wildman–Crippen LogP) is 5.83. The summed E-state index contributed by atoms with van der Waals surface area (Å²) in [5.41, 5.74) is 2.16. The lowest BCUT2D eigenvalue weighted by Gasteiger charge is -2.16. The van der Waals surface area contributed by atoms with Crippen LogP contribution in [0.15, 0.2) is 83.8 Å². The highest BCUT2D eigenvalue weighted by Gasteiger charge is 2.23. The Morgan fingerprint density at radius 1 is 1.03 bits per heavy atom. The summed E-state index contributed by atoms with van der Waals surface area (Å²) in [5.74, 6) is 0.235. The summed E-state index contributed by atoms with van der Waals surface area (Å²) in [6.45, 7) is 9.97. The molecule has 3 aromatic rings. The van der Waals surface area contributed by atoms with Crippen LogP contribution in [0, 0.1) is 18.3 Å². The highest BCUT2D eigenvalue weighted by molar-refractivity contribution is 7.87. The molecule has 0 fully saturated rings. The highest BCUT2D eigenvalue weighted by atomic mass is 32.2. The molecule has 3 rings (SSSR count). The van der Waals surface area contributed by atoms with Gasteiger partial charge in [0.2, 0.25) is 0 Å². The molecule has 0 spiro atoms. The molecule has 202 valence electrons. The average molecular weight is 547 g/mol. The zero-order chi connectivity index (χ0) is 28.4. The van der Waals surface area contributed by atoms with E-state index in [-0.39, 0.29) is 35.0 Å². The van der Waals surface area contributed by atoms with Crippen LogP contribution in [-0.2, 0) is 21.3 Å². The van der Waals surface area contributed by atoms with Gasteiger partial charge in [-0.15, -0.1) is 6.58 Å². The van der Waals surface area contributed by atoms with E-state index in [9.17, 15) is 18.5 Å². The molecule has 0 atom stereocenters. The van der Waals surface area contributed by atoms with Gasteiger partial charge in [0.05, 0.1) is 13.2 Å². The Bertz CT molecular complexity index is 1500. The van der Waals surface area contributed by atoms with E-state index in [4.69, 9.17) is 13.7 Å². The first-order valence-corrected chi connectivity index (χ1v) is 13.7. The Hall–Kier alpha value is -4.55. The van der Waals surface area contributed by atoms with Crippen LogP contribution in [0.2, 0.25) is 0 Å². The summed E-state index contributed by atoms with van der Waals surface area (Å²) < 4.78 is 42.8. The number of anilines is 1. The van der Waals surface area contributed by atoms with E-state index in [0.29, 0.717) is 29.2 Å². The van der Waals surface area contributed by atoms with E-state index < -0.39 is 16.0 Å². The van der Waals surface area contributed by atoms with Gasteiger partial charge in [0, 0.05) is 11.3 Å². The molecule has 0 bridgehead atoms. The van der Waals surface area contributed by atoms with Gasteiger partial charge in [0.15, 0.2) is 11.5 Å². The molecule has 0 heterocycles. The fourth-order valence-electron chi connectivity index (χ4n) is 3.61. The van der Waals surface area contributed by atoms with Crippen molar-refractivity contribution in [2.45, 2.75) is 32.1 Å². The second kappa shape index (κ2) is 13.3. The van der Waals surface area contributed by atoms with Crippen LogP contribution in [0.25, 0.3) is 6.08 Å². The third-order valence-electron chi connectivity index (χ3n) is 5.42. The lowest BCUT2D eigenvalue weighted by Crippen LogP contribution is -2.14. The summed E-state index contributed by atoms with van der Waals surface area (Å²) >= 11 is 0. The number of aryl methyl sites for hydroxylation is 1. The Morgan fingerprint density at radius 2 is 1.69 bits per heavy atom. The largest absolute Gasteiger partial charge is 0.494 e. The van der Waals surface area contributed by atoms with Crippen LogP contribution in [0.3, 0.4) is 0 Å². The van der Waals surface area contributed by atoms with Crippen LogP contribution in [-0.4, -0.2) is 27.5 Å². The predicted molar refractivity (Wildman–Crippen MR) is 150 cm³/mol. The van der Waals surface area contributed by atoms with Crippen molar-refractivity contribution in [3.05, 3.63) is 95.6 Å². The van der Waals surface area contributed by atoms with Crippen LogP contribution >= 0.6 is 0 Å². The minimum absolute atomic E-state index is 0.00167. The molecule has 0 aliphatic carbocycles. The van der Waals surface area contributed by atoms with Crippen molar-refractivity contribution in [3.63, 3.8) is 0 Å². The summed E-state index contributed by atoms with van der Waals surface area (Å²) in [5, 5.41) is 12.4. The van der Waals surface area contributed by atoms with Crippen LogP contribution in [0.5, 0.6) is 17.2 Å². The number of carbonyl (C=O) groups is 1. The summed E-state index contributed by atoms with van der Waals surface area (Å²) in [4.78, 5) is 12.8. The van der Waals surface area contributed by atoms with Crippen LogP contribution < -0.4 is 19.0 Å². The fourth-order valence-corrected chi connectivity index (χ4v) is 4.58. The molecule has 1 N–H and O–H groups in total. The van der Waals surface area contributed by atoms with Crippen molar-refractivity contribution < 1.29 is 26.9 Å². The Labute approximate surface area is 229 Å². The van der Waals surface area contributed by atoms with Gasteiger partial charge >= 0.3 is 10.1 Å². The molecule has 0 saturated carbocycles. The van der Waals surface area contributed by atoms with Gasteiger partial charge in [-0.1, -0.05) is 23.8 Å². The number of allylic oxidation sites excluding steroid dienone is 1. The number of amides is 1. The average Bonchev–Trinajstić information content (AvgIpc) is 2.91. The van der Waals surface area contributed by atoms with Crippen molar-refractivity contribution in [1.29, 1.82) is 5.26 Å². The van der Waals surface area contributed by atoms with Crippen molar-refractivity contribution in [3.8, 4) is 23.3 Å². The topological polar surface area (TPSA) is 115 Å². The van der Waals surface area contributed by atoms with Crippen molar-refractivity contribution in [1.82, 2.24) is 0 Å². The summed E-state index contributed by atoms with van der Waals surface area (Å²) in [6, 6.07) is 18.2. The normalized spacial score (nSPS) is 11.3. The maximum Gasteiger partial charge on any atom is 0.339 e.